The molecule has 7 nitrogen and oxygen atoms in total. The number of carbonyl (C=O) groups excluding carboxylic acids is 2. The normalized spacial score (nSPS) is 19.6. The minimum absolute atomic E-state index is 0.00867. The average Bonchev–Trinajstić information content (AvgIpc) is 3.52. The zero-order valence-electron chi connectivity index (χ0n) is 16.2. The lowest BCUT2D eigenvalue weighted by atomic mass is 10.1. The molecule has 2 aliphatic heterocycles. The zero-order valence-corrected chi connectivity index (χ0v) is 19.4. The Kier molecular flexibility index (Phi) is 6.50. The van der Waals surface area contributed by atoms with Crippen molar-refractivity contribution in [2.75, 3.05) is 32.7 Å². The van der Waals surface area contributed by atoms with Crippen LogP contribution in [0.4, 0.5) is 0 Å². The highest BCUT2D eigenvalue weighted by molar-refractivity contribution is 7.91. The first-order valence-corrected chi connectivity index (χ1v) is 13.3. The van der Waals surface area contributed by atoms with Crippen molar-refractivity contribution >= 4 is 56.1 Å². The third-order valence-corrected chi connectivity index (χ3v) is 9.80. The molecule has 0 unspecified atom stereocenters. The Labute approximate surface area is 188 Å². The summed E-state index contributed by atoms with van der Waals surface area (Å²) in [6.07, 6.45) is 2.55. The number of halogens is 1. The second-order valence-corrected chi connectivity index (χ2v) is 12.3. The molecular weight excluding hydrogens is 466 g/mol. The molecule has 0 saturated carbocycles. The molecule has 0 aromatic carbocycles. The van der Waals surface area contributed by atoms with Crippen LogP contribution in [0, 0.1) is 5.92 Å². The van der Waals surface area contributed by atoms with Gasteiger partial charge in [-0.15, -0.1) is 22.7 Å². The highest BCUT2D eigenvalue weighted by Gasteiger charge is 2.34. The monoisotopic (exact) mass is 487 g/mol. The van der Waals surface area contributed by atoms with Gasteiger partial charge in [-0.3, -0.25) is 9.59 Å². The highest BCUT2D eigenvalue weighted by atomic mass is 35.5. The van der Waals surface area contributed by atoms with Gasteiger partial charge in [0, 0.05) is 42.5 Å². The maximum Gasteiger partial charge on any atom is 0.312 e. The van der Waals surface area contributed by atoms with Crippen LogP contribution in [-0.2, 0) is 19.6 Å². The van der Waals surface area contributed by atoms with Crippen LogP contribution in [0.2, 0.25) is 4.34 Å². The molecule has 162 valence electrons. The first kappa shape index (κ1) is 21.8. The lowest BCUT2D eigenvalue weighted by Gasteiger charge is -2.20. The van der Waals surface area contributed by atoms with E-state index >= 15 is 0 Å². The van der Waals surface area contributed by atoms with Gasteiger partial charge in [0.1, 0.15) is 4.21 Å². The number of nitrogens with one attached hydrogen (secondary N) is 1. The van der Waals surface area contributed by atoms with Gasteiger partial charge in [0.15, 0.2) is 0 Å². The van der Waals surface area contributed by atoms with E-state index in [0.29, 0.717) is 36.9 Å². The molecule has 2 amide bonds. The highest BCUT2D eigenvalue weighted by Crippen LogP contribution is 2.36. The van der Waals surface area contributed by atoms with Crippen LogP contribution >= 0.6 is 34.3 Å². The summed E-state index contributed by atoms with van der Waals surface area (Å²) in [7, 11) is -3.63. The number of hydrogen-bond donors (Lipinski definition) is 1. The first-order valence-electron chi connectivity index (χ1n) is 9.77. The Morgan fingerprint density at radius 3 is 2.37 bits per heavy atom. The van der Waals surface area contributed by atoms with Crippen molar-refractivity contribution in [3.63, 3.8) is 0 Å². The van der Waals surface area contributed by atoms with Crippen molar-refractivity contribution in [2.24, 2.45) is 5.92 Å². The number of carbonyl (C=O) groups is 2. The van der Waals surface area contributed by atoms with E-state index in [2.05, 4.69) is 4.72 Å². The fourth-order valence-electron chi connectivity index (χ4n) is 3.72. The molecule has 2 aromatic heterocycles. The number of amides is 2. The van der Waals surface area contributed by atoms with Gasteiger partial charge < -0.3 is 9.80 Å². The minimum Gasteiger partial charge on any atom is -0.334 e. The molecule has 2 aliphatic rings. The minimum atomic E-state index is -3.63. The van der Waals surface area contributed by atoms with E-state index in [0.717, 1.165) is 22.6 Å². The molecule has 0 spiro atoms. The number of likely N-dealkylation sites (tertiary alicyclic amines) is 2. The molecule has 0 bridgehead atoms. The molecule has 1 N–H and O–H groups in total. The van der Waals surface area contributed by atoms with Crippen LogP contribution in [0.1, 0.15) is 19.3 Å². The molecule has 2 saturated heterocycles. The lowest BCUT2D eigenvalue weighted by molar-refractivity contribution is -0.150. The average molecular weight is 488 g/mol. The van der Waals surface area contributed by atoms with Crippen LogP contribution in [0.3, 0.4) is 0 Å². The summed E-state index contributed by atoms with van der Waals surface area (Å²) >= 11 is 8.56. The lowest BCUT2D eigenvalue weighted by Crippen LogP contribution is -2.43. The number of rotatable bonds is 5. The molecule has 0 radical (unpaired) electrons. The predicted molar refractivity (Wildman–Crippen MR) is 118 cm³/mol. The van der Waals surface area contributed by atoms with Gasteiger partial charge >= 0.3 is 11.8 Å². The molecule has 11 heteroatoms. The van der Waals surface area contributed by atoms with Crippen LogP contribution in [0.5, 0.6) is 0 Å². The summed E-state index contributed by atoms with van der Waals surface area (Å²) < 4.78 is 28.9. The van der Waals surface area contributed by atoms with Crippen molar-refractivity contribution in [1.29, 1.82) is 0 Å². The van der Waals surface area contributed by atoms with E-state index in [4.69, 9.17) is 11.6 Å². The summed E-state index contributed by atoms with van der Waals surface area (Å²) in [4.78, 5) is 29.6. The molecular formula is C19H22ClN3O4S3. The maximum absolute atomic E-state index is 12.7. The number of nitrogens with zero attached hydrogens (tertiary/aromatic N) is 2. The van der Waals surface area contributed by atoms with E-state index in [1.165, 1.54) is 22.7 Å². The van der Waals surface area contributed by atoms with E-state index < -0.39 is 21.8 Å². The number of thiophene rings is 2. The predicted octanol–water partition coefficient (Wildman–Crippen LogP) is 2.88. The van der Waals surface area contributed by atoms with Crippen molar-refractivity contribution in [3.05, 3.63) is 28.6 Å². The Bertz CT molecular complexity index is 1040. The van der Waals surface area contributed by atoms with E-state index in [9.17, 15) is 18.0 Å². The van der Waals surface area contributed by atoms with Gasteiger partial charge in [-0.2, -0.15) is 0 Å². The second-order valence-electron chi connectivity index (χ2n) is 7.48. The molecule has 2 aromatic rings. The molecule has 1 atom stereocenters. The van der Waals surface area contributed by atoms with E-state index in [1.807, 2.05) is 6.07 Å². The topological polar surface area (TPSA) is 86.8 Å². The summed E-state index contributed by atoms with van der Waals surface area (Å²) in [5.41, 5.74) is 0. The Hall–Kier alpha value is -1.46. The van der Waals surface area contributed by atoms with Gasteiger partial charge in [-0.05, 0) is 49.4 Å². The van der Waals surface area contributed by atoms with Crippen LogP contribution in [0.15, 0.2) is 28.5 Å². The number of sulfonamides is 1. The van der Waals surface area contributed by atoms with Crippen molar-refractivity contribution in [2.45, 2.75) is 23.5 Å². The Balaban J connectivity index is 1.32. The number of hydrogen-bond acceptors (Lipinski definition) is 6. The summed E-state index contributed by atoms with van der Waals surface area (Å²) in [5.74, 6) is -0.918. The fraction of sp³-hybridized carbons (Fsp3) is 0.474. The van der Waals surface area contributed by atoms with Crippen LogP contribution in [-0.4, -0.2) is 62.8 Å². The molecule has 4 rings (SSSR count). The van der Waals surface area contributed by atoms with Gasteiger partial charge in [0.05, 0.1) is 4.34 Å². The largest absolute Gasteiger partial charge is 0.334 e. The SMILES string of the molecule is O=C(C(=O)N1CC[C@H](CNS(=O)(=O)c2ccc(-c3ccc(Cl)s3)s2)C1)N1CCCC1. The maximum atomic E-state index is 12.7. The van der Waals surface area contributed by atoms with E-state index in [-0.39, 0.29) is 16.7 Å². The summed E-state index contributed by atoms with van der Waals surface area (Å²) in [6, 6.07) is 7.03. The zero-order chi connectivity index (χ0) is 21.3. The third kappa shape index (κ3) is 4.72. The van der Waals surface area contributed by atoms with Crippen LogP contribution < -0.4 is 4.72 Å². The van der Waals surface area contributed by atoms with Gasteiger partial charge in [0.2, 0.25) is 10.0 Å². The Morgan fingerprint density at radius 2 is 1.67 bits per heavy atom. The molecule has 4 heterocycles. The van der Waals surface area contributed by atoms with Gasteiger partial charge in [-0.25, -0.2) is 13.1 Å². The van der Waals surface area contributed by atoms with Gasteiger partial charge in [0.25, 0.3) is 0 Å². The van der Waals surface area contributed by atoms with Gasteiger partial charge in [-0.1, -0.05) is 11.6 Å². The van der Waals surface area contributed by atoms with Crippen molar-refractivity contribution in [3.8, 4) is 9.75 Å². The smallest absolute Gasteiger partial charge is 0.312 e. The summed E-state index contributed by atoms with van der Waals surface area (Å²) in [6.45, 7) is 2.39. The quantitative estimate of drug-likeness (QED) is 0.657. The van der Waals surface area contributed by atoms with Crippen molar-refractivity contribution in [1.82, 2.24) is 14.5 Å². The molecule has 30 heavy (non-hydrogen) atoms. The third-order valence-electron chi connectivity index (χ3n) is 5.37. The first-order chi connectivity index (χ1) is 14.3. The Morgan fingerprint density at radius 1 is 1.00 bits per heavy atom. The fourth-order valence-corrected chi connectivity index (χ4v) is 7.32. The van der Waals surface area contributed by atoms with Crippen molar-refractivity contribution < 1.29 is 18.0 Å². The molecule has 0 aliphatic carbocycles. The van der Waals surface area contributed by atoms with Crippen LogP contribution in [0.25, 0.3) is 9.75 Å². The van der Waals surface area contributed by atoms with E-state index in [1.54, 1.807) is 28.0 Å². The standard InChI is InChI=1S/C19H22ClN3O4S3/c20-16-5-3-14(28-16)15-4-6-17(29-15)30(26,27)21-11-13-7-10-23(12-13)19(25)18(24)22-8-1-2-9-22/h3-6,13,21H,1-2,7-12H2/t13-/m1/s1. The second kappa shape index (κ2) is 8.96. The summed E-state index contributed by atoms with van der Waals surface area (Å²) in [5, 5.41) is 0. The molecule has 2 fully saturated rings.